The molecule has 1 saturated heterocycles. The maximum Gasteiger partial charge on any atom is 0.256 e. The number of aromatic amines is 1. The van der Waals surface area contributed by atoms with E-state index >= 15 is 0 Å². The lowest BCUT2D eigenvalue weighted by Crippen LogP contribution is -2.57. The van der Waals surface area contributed by atoms with E-state index in [0.717, 1.165) is 12.1 Å². The van der Waals surface area contributed by atoms with Crippen molar-refractivity contribution < 1.29 is 18.7 Å². The van der Waals surface area contributed by atoms with Gasteiger partial charge in [0.1, 0.15) is 5.82 Å². The second-order valence-corrected chi connectivity index (χ2v) is 6.25. The van der Waals surface area contributed by atoms with Crippen LogP contribution in [0, 0.1) is 11.6 Å². The van der Waals surface area contributed by atoms with Crippen LogP contribution in [0.2, 0.25) is 0 Å². The van der Waals surface area contributed by atoms with Crippen molar-refractivity contribution in [1.82, 2.24) is 20.2 Å². The van der Waals surface area contributed by atoms with Crippen molar-refractivity contribution in [1.29, 1.82) is 0 Å². The minimum Gasteiger partial charge on any atom is -0.379 e. The second kappa shape index (κ2) is 7.28. The fourth-order valence-electron chi connectivity index (χ4n) is 3.02. The normalized spacial score (nSPS) is 20.9. The number of imidazole rings is 1. The highest BCUT2D eigenvalue weighted by atomic mass is 19.2. The molecule has 134 valence electrons. The molecule has 1 aromatic carbocycles. The van der Waals surface area contributed by atoms with Crippen molar-refractivity contribution in [2.45, 2.75) is 31.5 Å². The summed E-state index contributed by atoms with van der Waals surface area (Å²) in [6.45, 7) is 1.11. The summed E-state index contributed by atoms with van der Waals surface area (Å²) in [5.41, 5.74) is -1.02. The summed E-state index contributed by atoms with van der Waals surface area (Å²) in [6.07, 6.45) is 4.31. The molecule has 1 aromatic heterocycles. The molecule has 0 aliphatic carbocycles. The quantitative estimate of drug-likeness (QED) is 0.734. The Balaban J connectivity index is 1.61. The van der Waals surface area contributed by atoms with Gasteiger partial charge in [0.05, 0.1) is 6.54 Å². The van der Waals surface area contributed by atoms with Crippen LogP contribution in [0.15, 0.2) is 30.6 Å². The number of H-pyrrole nitrogens is 1. The van der Waals surface area contributed by atoms with Crippen LogP contribution < -0.4 is 5.32 Å². The van der Waals surface area contributed by atoms with E-state index in [2.05, 4.69) is 15.3 Å². The molecule has 0 bridgehead atoms. The summed E-state index contributed by atoms with van der Waals surface area (Å²) in [5.74, 6) is -1.56. The molecule has 6 nitrogen and oxygen atoms in total. The Morgan fingerprint density at radius 1 is 1.36 bits per heavy atom. The van der Waals surface area contributed by atoms with Gasteiger partial charge in [-0.3, -0.25) is 4.79 Å². The van der Waals surface area contributed by atoms with E-state index < -0.39 is 23.1 Å². The number of carbonyl (C=O) groups is 1. The lowest BCUT2D eigenvalue weighted by atomic mass is 9.91. The van der Waals surface area contributed by atoms with E-state index in [1.54, 1.807) is 12.4 Å². The molecule has 3 rings (SSSR count). The van der Waals surface area contributed by atoms with Crippen LogP contribution in [-0.4, -0.2) is 44.6 Å². The predicted octanol–water partition coefficient (Wildman–Crippen LogP) is 1.33. The molecule has 1 amide bonds. The number of aromatic nitrogens is 2. The van der Waals surface area contributed by atoms with Crippen LogP contribution in [0.25, 0.3) is 0 Å². The number of amides is 1. The lowest BCUT2D eigenvalue weighted by Gasteiger charge is -2.38. The van der Waals surface area contributed by atoms with Crippen molar-refractivity contribution >= 4 is 5.91 Å². The number of likely N-dealkylation sites (tertiary alicyclic amines) is 1. The molecule has 1 aliphatic heterocycles. The van der Waals surface area contributed by atoms with Crippen LogP contribution in [-0.2, 0) is 17.9 Å². The fourth-order valence-corrected chi connectivity index (χ4v) is 3.02. The highest BCUT2D eigenvalue weighted by Crippen LogP contribution is 2.24. The summed E-state index contributed by atoms with van der Waals surface area (Å²) in [7, 11) is 0. The molecule has 1 aliphatic rings. The number of hydrogen-bond acceptors (Lipinski definition) is 4. The van der Waals surface area contributed by atoms with Crippen molar-refractivity contribution in [2.24, 2.45) is 0 Å². The van der Waals surface area contributed by atoms with Gasteiger partial charge in [-0.2, -0.15) is 0 Å². The highest BCUT2D eigenvalue weighted by Gasteiger charge is 2.41. The molecule has 25 heavy (non-hydrogen) atoms. The minimum absolute atomic E-state index is 0.0980. The number of nitrogens with zero attached hydrogens (tertiary/aromatic N) is 2. The maximum absolute atomic E-state index is 13.3. The van der Waals surface area contributed by atoms with Gasteiger partial charge in [0.2, 0.25) is 0 Å². The van der Waals surface area contributed by atoms with Crippen molar-refractivity contribution in [3.63, 3.8) is 0 Å². The van der Waals surface area contributed by atoms with E-state index in [1.807, 2.05) is 0 Å². The van der Waals surface area contributed by atoms with Crippen LogP contribution >= 0.6 is 0 Å². The van der Waals surface area contributed by atoms with Crippen molar-refractivity contribution in [3.8, 4) is 0 Å². The highest BCUT2D eigenvalue weighted by molar-refractivity contribution is 5.86. The van der Waals surface area contributed by atoms with Gasteiger partial charge in [0.25, 0.3) is 5.91 Å². The van der Waals surface area contributed by atoms with Gasteiger partial charge in [-0.15, -0.1) is 0 Å². The van der Waals surface area contributed by atoms with E-state index in [9.17, 15) is 18.7 Å². The maximum atomic E-state index is 13.3. The molecule has 2 aromatic rings. The number of piperidine rings is 1. The lowest BCUT2D eigenvalue weighted by molar-refractivity contribution is -0.157. The fraction of sp³-hybridized carbons (Fsp3) is 0.412. The van der Waals surface area contributed by atoms with Gasteiger partial charge in [0, 0.05) is 32.0 Å². The number of hydrogen-bond donors (Lipinski definition) is 3. The first-order chi connectivity index (χ1) is 12.0. The number of aliphatic hydroxyl groups is 1. The summed E-state index contributed by atoms with van der Waals surface area (Å²) in [6, 6.07) is 3.55. The molecule has 1 atom stereocenters. The van der Waals surface area contributed by atoms with Gasteiger partial charge >= 0.3 is 0 Å². The Hall–Kier alpha value is -2.32. The molecular weight excluding hydrogens is 330 g/mol. The topological polar surface area (TPSA) is 81.2 Å². The largest absolute Gasteiger partial charge is 0.379 e. The summed E-state index contributed by atoms with van der Waals surface area (Å²) in [5, 5.41) is 13.7. The van der Waals surface area contributed by atoms with Crippen LogP contribution in [0.4, 0.5) is 8.78 Å². The zero-order chi connectivity index (χ0) is 17.9. The molecule has 8 heteroatoms. The van der Waals surface area contributed by atoms with Gasteiger partial charge < -0.3 is 20.3 Å². The van der Waals surface area contributed by atoms with Crippen molar-refractivity contribution in [3.05, 3.63) is 53.6 Å². The Morgan fingerprint density at radius 3 is 2.92 bits per heavy atom. The van der Waals surface area contributed by atoms with Crippen LogP contribution in [0.5, 0.6) is 0 Å². The van der Waals surface area contributed by atoms with E-state index in [4.69, 9.17) is 0 Å². The van der Waals surface area contributed by atoms with Gasteiger partial charge in [0.15, 0.2) is 17.2 Å². The monoisotopic (exact) mass is 350 g/mol. The Labute approximate surface area is 143 Å². The second-order valence-electron chi connectivity index (χ2n) is 6.25. The number of carbonyl (C=O) groups excluding carboxylic acids is 1. The zero-order valence-corrected chi connectivity index (χ0v) is 13.6. The van der Waals surface area contributed by atoms with Crippen molar-refractivity contribution in [2.75, 3.05) is 13.1 Å². The number of nitrogens with one attached hydrogen (secondary N) is 2. The standard InChI is InChI=1S/C17H20F2N4O2/c18-13-3-2-12(8-14(13)19)10-23-7-1-4-17(25,16(23)24)11-20-9-15-21-5-6-22-15/h2-3,5-6,8,20,25H,1,4,7,9-11H2,(H,21,22)/t17-/m1/s1. The number of halogens is 2. The van der Waals surface area contributed by atoms with E-state index in [1.165, 1.54) is 11.0 Å². The molecular formula is C17H20F2N4O2. The first-order valence-corrected chi connectivity index (χ1v) is 8.12. The van der Waals surface area contributed by atoms with E-state index in [-0.39, 0.29) is 13.1 Å². The Morgan fingerprint density at radius 2 is 2.20 bits per heavy atom. The molecule has 2 heterocycles. The van der Waals surface area contributed by atoms with Gasteiger partial charge in [-0.25, -0.2) is 13.8 Å². The first-order valence-electron chi connectivity index (χ1n) is 8.12. The summed E-state index contributed by atoms with van der Waals surface area (Å²) < 4.78 is 26.4. The Bertz CT molecular complexity index is 738. The van der Waals surface area contributed by atoms with E-state index in [0.29, 0.717) is 37.3 Å². The first kappa shape index (κ1) is 17.5. The average molecular weight is 350 g/mol. The van der Waals surface area contributed by atoms with Crippen LogP contribution in [0.3, 0.4) is 0 Å². The third-order valence-electron chi connectivity index (χ3n) is 4.33. The molecule has 0 radical (unpaired) electrons. The molecule has 0 unspecified atom stereocenters. The third kappa shape index (κ3) is 4.02. The number of benzene rings is 1. The molecule has 0 spiro atoms. The molecule has 3 N–H and O–H groups in total. The molecule has 0 saturated carbocycles. The summed E-state index contributed by atoms with van der Waals surface area (Å²) in [4.78, 5) is 21.1. The molecule has 1 fully saturated rings. The third-order valence-corrected chi connectivity index (χ3v) is 4.33. The predicted molar refractivity (Wildman–Crippen MR) is 86.3 cm³/mol. The van der Waals surface area contributed by atoms with Crippen LogP contribution in [0.1, 0.15) is 24.2 Å². The minimum atomic E-state index is -1.51. The SMILES string of the molecule is O=C1N(Cc2ccc(F)c(F)c2)CCC[C@@]1(O)CNCc1ncc[nH]1. The average Bonchev–Trinajstić information content (AvgIpc) is 3.09. The smallest absolute Gasteiger partial charge is 0.256 e. The Kier molecular flexibility index (Phi) is 5.10. The zero-order valence-electron chi connectivity index (χ0n) is 13.6. The number of rotatable bonds is 6. The van der Waals surface area contributed by atoms with Gasteiger partial charge in [-0.05, 0) is 30.5 Å². The summed E-state index contributed by atoms with van der Waals surface area (Å²) >= 11 is 0. The van der Waals surface area contributed by atoms with Gasteiger partial charge in [-0.1, -0.05) is 6.07 Å².